The Balaban J connectivity index is 0.000000325. The molecule has 0 saturated carbocycles. The second-order valence-corrected chi connectivity index (χ2v) is 9.50. The van der Waals surface area contributed by atoms with Gasteiger partial charge in [0, 0.05) is 18.0 Å². The maximum absolute atomic E-state index is 8.76. The first-order chi connectivity index (χ1) is 17.5. The van der Waals surface area contributed by atoms with E-state index in [1.54, 1.807) is 12.1 Å². The van der Waals surface area contributed by atoms with Gasteiger partial charge in [-0.2, -0.15) is 0 Å². The summed E-state index contributed by atoms with van der Waals surface area (Å²) in [5.74, 6) is 1.26. The highest BCUT2D eigenvalue weighted by Gasteiger charge is 2.10. The van der Waals surface area contributed by atoms with Gasteiger partial charge in [-0.1, -0.05) is 48.9 Å². The standard InChI is InChI=1S/C24H26ClNO2.C7H8O/c1-2-19(20-7-10-23-21(16-20)17-24(25)28-23)15-18-5-8-22(9-6-18)27-14-13-26-11-3-4-12-26;1-6-2-4-7(8)5-3-6/h5-10,15-17H,2-4,11-14H2,1H3;2-5,8H,1H3/b19-15-;. The molecule has 188 valence electrons. The Morgan fingerprint density at radius 2 is 1.72 bits per heavy atom. The SMILES string of the molecule is CC/C(=C/c1ccc(OCCN2CCCC2)cc1)c1ccc2oc(Cl)cc2c1.Cc1ccc(O)cc1. The lowest BCUT2D eigenvalue weighted by Gasteiger charge is -2.15. The molecule has 5 heteroatoms. The molecule has 36 heavy (non-hydrogen) atoms. The van der Waals surface area contributed by atoms with Gasteiger partial charge in [0.25, 0.3) is 0 Å². The molecule has 0 atom stereocenters. The van der Waals surface area contributed by atoms with Gasteiger partial charge >= 0.3 is 0 Å². The van der Waals surface area contributed by atoms with Crippen LogP contribution in [-0.4, -0.2) is 36.2 Å². The fraction of sp³-hybridized carbons (Fsp3) is 0.290. The van der Waals surface area contributed by atoms with Gasteiger partial charge in [0.05, 0.1) is 0 Å². The number of allylic oxidation sites excluding steroid dienone is 1. The van der Waals surface area contributed by atoms with Gasteiger partial charge in [-0.25, -0.2) is 0 Å². The average molecular weight is 504 g/mol. The summed E-state index contributed by atoms with van der Waals surface area (Å²) in [4.78, 5) is 2.47. The zero-order valence-electron chi connectivity index (χ0n) is 21.0. The zero-order chi connectivity index (χ0) is 25.3. The third-order valence-corrected chi connectivity index (χ3v) is 6.55. The summed E-state index contributed by atoms with van der Waals surface area (Å²) in [6.07, 6.45) is 5.82. The van der Waals surface area contributed by atoms with Gasteiger partial charge < -0.3 is 14.3 Å². The topological polar surface area (TPSA) is 45.8 Å². The van der Waals surface area contributed by atoms with Crippen molar-refractivity contribution in [1.29, 1.82) is 0 Å². The summed E-state index contributed by atoms with van der Waals surface area (Å²) in [5.41, 5.74) is 5.64. The molecule has 1 saturated heterocycles. The Labute approximate surface area is 218 Å². The molecule has 2 heterocycles. The molecule has 1 N–H and O–H groups in total. The highest BCUT2D eigenvalue weighted by atomic mass is 35.5. The van der Waals surface area contributed by atoms with Gasteiger partial charge in [0.1, 0.15) is 23.7 Å². The fourth-order valence-corrected chi connectivity index (χ4v) is 4.51. The molecule has 3 aromatic carbocycles. The zero-order valence-corrected chi connectivity index (χ0v) is 21.8. The molecule has 1 aromatic heterocycles. The maximum Gasteiger partial charge on any atom is 0.194 e. The lowest BCUT2D eigenvalue weighted by molar-refractivity contribution is 0.238. The second kappa shape index (κ2) is 12.7. The summed E-state index contributed by atoms with van der Waals surface area (Å²) in [6, 6.07) is 23.5. The number of rotatable bonds is 7. The number of aromatic hydroxyl groups is 1. The minimum Gasteiger partial charge on any atom is -0.508 e. The first-order valence-electron chi connectivity index (χ1n) is 12.6. The minimum atomic E-state index is 0.329. The first kappa shape index (κ1) is 25.9. The van der Waals surface area contributed by atoms with Crippen LogP contribution in [0.15, 0.2) is 77.2 Å². The number of likely N-dealkylation sites (tertiary alicyclic amines) is 1. The summed E-state index contributed by atoms with van der Waals surface area (Å²) in [5, 5.41) is 10.2. The molecule has 1 aliphatic rings. The monoisotopic (exact) mass is 503 g/mol. The molecule has 0 bridgehead atoms. The number of hydrogen-bond acceptors (Lipinski definition) is 4. The van der Waals surface area contributed by atoms with Crippen LogP contribution in [0.1, 0.15) is 42.9 Å². The Kier molecular flexibility index (Phi) is 9.10. The van der Waals surface area contributed by atoms with E-state index in [0.717, 1.165) is 36.3 Å². The van der Waals surface area contributed by atoms with Crippen LogP contribution in [0.2, 0.25) is 5.22 Å². The molecule has 1 fully saturated rings. The van der Waals surface area contributed by atoms with E-state index in [4.69, 9.17) is 25.9 Å². The van der Waals surface area contributed by atoms with E-state index in [1.807, 2.05) is 31.2 Å². The van der Waals surface area contributed by atoms with E-state index in [1.165, 1.54) is 48.2 Å². The normalized spacial score (nSPS) is 14.0. The third kappa shape index (κ3) is 7.39. The number of furan rings is 1. The summed E-state index contributed by atoms with van der Waals surface area (Å²) >= 11 is 5.97. The predicted octanol–water partition coefficient (Wildman–Crippen LogP) is 8.21. The first-order valence-corrected chi connectivity index (χ1v) is 13.0. The van der Waals surface area contributed by atoms with Crippen LogP contribution in [0.3, 0.4) is 0 Å². The Bertz CT molecular complexity index is 1250. The molecule has 4 aromatic rings. The smallest absolute Gasteiger partial charge is 0.194 e. The van der Waals surface area contributed by atoms with Gasteiger partial charge in [-0.05, 0) is 104 Å². The van der Waals surface area contributed by atoms with Gasteiger partial charge in [-0.15, -0.1) is 0 Å². The van der Waals surface area contributed by atoms with Crippen LogP contribution >= 0.6 is 11.6 Å². The van der Waals surface area contributed by atoms with Crippen molar-refractivity contribution < 1.29 is 14.3 Å². The van der Waals surface area contributed by atoms with Crippen molar-refractivity contribution in [3.63, 3.8) is 0 Å². The van der Waals surface area contributed by atoms with Gasteiger partial charge in [0.15, 0.2) is 5.22 Å². The molecule has 0 aliphatic carbocycles. The molecule has 5 rings (SSSR count). The number of hydrogen-bond donors (Lipinski definition) is 1. The Morgan fingerprint density at radius 3 is 2.39 bits per heavy atom. The van der Waals surface area contributed by atoms with E-state index in [2.05, 4.69) is 54.3 Å². The molecule has 4 nitrogen and oxygen atoms in total. The number of phenols is 1. The summed E-state index contributed by atoms with van der Waals surface area (Å²) < 4.78 is 11.4. The van der Waals surface area contributed by atoms with Gasteiger partial charge in [-0.3, -0.25) is 4.90 Å². The maximum atomic E-state index is 8.76. The van der Waals surface area contributed by atoms with Crippen LogP contribution in [0.5, 0.6) is 11.5 Å². The number of benzene rings is 3. The summed E-state index contributed by atoms with van der Waals surface area (Å²) in [6.45, 7) is 8.35. The number of fused-ring (bicyclic) bond motifs is 1. The van der Waals surface area contributed by atoms with E-state index < -0.39 is 0 Å². The average Bonchev–Trinajstić information content (AvgIpc) is 3.54. The van der Waals surface area contributed by atoms with E-state index in [-0.39, 0.29) is 0 Å². The molecule has 1 aliphatic heterocycles. The largest absolute Gasteiger partial charge is 0.508 e. The molecule has 0 spiro atoms. The molecule has 0 radical (unpaired) electrons. The lowest BCUT2D eigenvalue weighted by Crippen LogP contribution is -2.25. The number of nitrogens with zero attached hydrogens (tertiary/aromatic N) is 1. The van der Waals surface area contributed by atoms with Gasteiger partial charge in [0.2, 0.25) is 0 Å². The van der Waals surface area contributed by atoms with Crippen LogP contribution in [0.4, 0.5) is 0 Å². The van der Waals surface area contributed by atoms with Crippen LogP contribution in [-0.2, 0) is 0 Å². The number of aryl methyl sites for hydroxylation is 1. The number of ether oxygens (including phenoxy) is 1. The third-order valence-electron chi connectivity index (χ3n) is 6.37. The van der Waals surface area contributed by atoms with Crippen LogP contribution < -0.4 is 4.74 Å². The second-order valence-electron chi connectivity index (χ2n) is 9.13. The van der Waals surface area contributed by atoms with Crippen molar-refractivity contribution in [1.82, 2.24) is 4.90 Å². The Hall–Kier alpha value is -3.21. The highest BCUT2D eigenvalue weighted by molar-refractivity contribution is 6.29. The van der Waals surface area contributed by atoms with Crippen molar-refractivity contribution in [2.75, 3.05) is 26.2 Å². The molecular weight excluding hydrogens is 470 g/mol. The van der Waals surface area contributed by atoms with E-state index in [9.17, 15) is 0 Å². The molecule has 0 amide bonds. The Morgan fingerprint density at radius 1 is 1.00 bits per heavy atom. The van der Waals surface area contributed by atoms with Crippen LogP contribution in [0.25, 0.3) is 22.6 Å². The quantitative estimate of drug-likeness (QED) is 0.258. The van der Waals surface area contributed by atoms with Crippen molar-refractivity contribution in [2.24, 2.45) is 0 Å². The highest BCUT2D eigenvalue weighted by Crippen LogP contribution is 2.29. The number of phenolic OH excluding ortho intramolecular Hbond substituents is 1. The van der Waals surface area contributed by atoms with E-state index >= 15 is 0 Å². The predicted molar refractivity (Wildman–Crippen MR) is 150 cm³/mol. The van der Waals surface area contributed by atoms with Crippen molar-refractivity contribution in [3.05, 3.63) is 94.7 Å². The summed E-state index contributed by atoms with van der Waals surface area (Å²) in [7, 11) is 0. The molecular formula is C31H34ClNO3. The van der Waals surface area contributed by atoms with Crippen molar-refractivity contribution in [2.45, 2.75) is 33.1 Å². The van der Waals surface area contributed by atoms with Crippen LogP contribution in [0, 0.1) is 6.92 Å². The molecule has 0 unspecified atom stereocenters. The van der Waals surface area contributed by atoms with Crippen molar-refractivity contribution in [3.8, 4) is 11.5 Å². The van der Waals surface area contributed by atoms with Crippen molar-refractivity contribution >= 4 is 34.2 Å². The minimum absolute atomic E-state index is 0.329. The number of halogens is 1. The lowest BCUT2D eigenvalue weighted by atomic mass is 9.99. The fourth-order valence-electron chi connectivity index (χ4n) is 4.31. The van der Waals surface area contributed by atoms with E-state index in [0.29, 0.717) is 11.0 Å².